The molecule has 1 heteroatoms. The van der Waals surface area contributed by atoms with Crippen molar-refractivity contribution < 1.29 is 5.11 Å². The molecule has 0 saturated heterocycles. The lowest BCUT2D eigenvalue weighted by Gasteiger charge is -1.99. The fourth-order valence-corrected chi connectivity index (χ4v) is 1.77. The highest BCUT2D eigenvalue weighted by Crippen LogP contribution is 2.08. The summed E-state index contributed by atoms with van der Waals surface area (Å²) in [6.07, 6.45) is 21.3. The molecule has 0 aliphatic rings. The van der Waals surface area contributed by atoms with Crippen LogP contribution in [-0.2, 0) is 0 Å². The summed E-state index contributed by atoms with van der Waals surface area (Å²) in [5.41, 5.74) is 0. The lowest BCUT2D eigenvalue weighted by Crippen LogP contribution is -1.83. The molecule has 0 fully saturated rings. The average Bonchev–Trinajstić information content (AvgIpc) is 2.35. The number of unbranched alkanes of at least 4 members (excludes halogenated alkanes) is 8. The highest BCUT2D eigenvalue weighted by molar-refractivity contribution is 5.02. The zero-order valence-electron chi connectivity index (χ0n) is 11.5. The zero-order valence-corrected chi connectivity index (χ0v) is 11.5. The van der Waals surface area contributed by atoms with Crippen molar-refractivity contribution in [1.29, 1.82) is 0 Å². The average molecular weight is 238 g/mol. The highest BCUT2D eigenvalue weighted by atomic mass is 16.2. The second kappa shape index (κ2) is 15.4. The molecule has 0 amide bonds. The molecular weight excluding hydrogens is 208 g/mol. The van der Waals surface area contributed by atoms with E-state index in [0.717, 1.165) is 6.42 Å². The molecule has 0 rings (SSSR count). The first-order chi connectivity index (χ1) is 8.41. The van der Waals surface area contributed by atoms with Crippen molar-refractivity contribution in [2.24, 2.45) is 0 Å². The van der Waals surface area contributed by atoms with Crippen LogP contribution in [0, 0.1) is 0 Å². The van der Waals surface area contributed by atoms with Crippen LogP contribution in [0.3, 0.4) is 0 Å². The lowest BCUT2D eigenvalue weighted by molar-refractivity contribution is 0.282. The van der Waals surface area contributed by atoms with Crippen LogP contribution in [0.15, 0.2) is 24.3 Å². The number of aliphatic hydroxyl groups excluding tert-OH is 1. The number of allylic oxidation sites excluding steroid dienone is 4. The van der Waals surface area contributed by atoms with E-state index in [1.165, 1.54) is 57.8 Å². The molecule has 0 spiro atoms. The molecular formula is C16H30O. The minimum atomic E-state index is 0.357. The van der Waals surface area contributed by atoms with Crippen LogP contribution in [-0.4, -0.2) is 11.7 Å². The van der Waals surface area contributed by atoms with Gasteiger partial charge in [0.05, 0.1) is 0 Å². The third kappa shape index (κ3) is 15.4. The lowest BCUT2D eigenvalue weighted by atomic mass is 10.1. The van der Waals surface area contributed by atoms with E-state index in [2.05, 4.69) is 31.2 Å². The van der Waals surface area contributed by atoms with Gasteiger partial charge in [-0.1, -0.05) is 69.8 Å². The maximum absolute atomic E-state index is 8.63. The quantitative estimate of drug-likeness (QED) is 0.374. The molecule has 0 aliphatic carbocycles. The first-order valence-corrected chi connectivity index (χ1v) is 7.34. The maximum Gasteiger partial charge on any atom is 0.0431 e. The smallest absolute Gasteiger partial charge is 0.0431 e. The van der Waals surface area contributed by atoms with E-state index in [1.807, 2.05) is 0 Å². The number of hydrogen-bond acceptors (Lipinski definition) is 1. The van der Waals surface area contributed by atoms with Gasteiger partial charge in [-0.3, -0.25) is 0 Å². The van der Waals surface area contributed by atoms with E-state index in [0.29, 0.717) is 6.61 Å². The van der Waals surface area contributed by atoms with Gasteiger partial charge in [0.25, 0.3) is 0 Å². The predicted molar refractivity (Wildman–Crippen MR) is 77.2 cm³/mol. The minimum Gasteiger partial charge on any atom is -0.396 e. The van der Waals surface area contributed by atoms with Crippen molar-refractivity contribution in [2.75, 3.05) is 6.61 Å². The monoisotopic (exact) mass is 238 g/mol. The van der Waals surface area contributed by atoms with E-state index < -0.39 is 0 Å². The van der Waals surface area contributed by atoms with Crippen LogP contribution in [0.2, 0.25) is 0 Å². The Kier molecular flexibility index (Phi) is 14.9. The third-order valence-electron chi connectivity index (χ3n) is 2.87. The number of rotatable bonds is 12. The minimum absolute atomic E-state index is 0.357. The molecule has 0 radical (unpaired) electrons. The Morgan fingerprint density at radius 3 is 1.82 bits per heavy atom. The van der Waals surface area contributed by atoms with Crippen LogP contribution < -0.4 is 0 Å². The van der Waals surface area contributed by atoms with Gasteiger partial charge in [-0.2, -0.15) is 0 Å². The van der Waals surface area contributed by atoms with Gasteiger partial charge in [0.2, 0.25) is 0 Å². The van der Waals surface area contributed by atoms with E-state index in [9.17, 15) is 0 Å². The number of aliphatic hydroxyl groups is 1. The van der Waals surface area contributed by atoms with E-state index >= 15 is 0 Å². The van der Waals surface area contributed by atoms with E-state index in [1.54, 1.807) is 0 Å². The van der Waals surface area contributed by atoms with Crippen molar-refractivity contribution >= 4 is 0 Å². The van der Waals surface area contributed by atoms with Crippen LogP contribution in [0.1, 0.15) is 71.1 Å². The van der Waals surface area contributed by atoms with E-state index in [4.69, 9.17) is 5.11 Å². The van der Waals surface area contributed by atoms with Gasteiger partial charge in [-0.25, -0.2) is 0 Å². The molecule has 0 aromatic rings. The van der Waals surface area contributed by atoms with Gasteiger partial charge in [0.1, 0.15) is 0 Å². The standard InChI is InChI=1S/C16H30O/c1-2-3-4-5-6-7-8-9-10-11-12-13-14-15-16-17/h4-7,17H,2-3,8-16H2,1H3/b5-4+,7-6-. The maximum atomic E-state index is 8.63. The second-order valence-corrected chi connectivity index (χ2v) is 4.63. The largest absolute Gasteiger partial charge is 0.396 e. The Balaban J connectivity index is 3.07. The van der Waals surface area contributed by atoms with Crippen molar-refractivity contribution in [2.45, 2.75) is 71.1 Å². The molecule has 0 aliphatic heterocycles. The van der Waals surface area contributed by atoms with Gasteiger partial charge in [-0.15, -0.1) is 0 Å². The highest BCUT2D eigenvalue weighted by Gasteiger charge is 1.90. The van der Waals surface area contributed by atoms with Gasteiger partial charge in [-0.05, 0) is 25.7 Å². The Hall–Kier alpha value is -0.560. The first-order valence-electron chi connectivity index (χ1n) is 7.34. The summed E-state index contributed by atoms with van der Waals surface area (Å²) in [7, 11) is 0. The Morgan fingerprint density at radius 1 is 0.706 bits per heavy atom. The topological polar surface area (TPSA) is 20.2 Å². The fourth-order valence-electron chi connectivity index (χ4n) is 1.77. The molecule has 0 aromatic heterocycles. The zero-order chi connectivity index (χ0) is 12.6. The summed E-state index contributed by atoms with van der Waals surface area (Å²) < 4.78 is 0. The predicted octanol–water partition coefficient (Wildman–Crippen LogP) is 5.01. The molecule has 0 unspecified atom stereocenters. The van der Waals surface area contributed by atoms with Crippen molar-refractivity contribution in [3.8, 4) is 0 Å². The summed E-state index contributed by atoms with van der Waals surface area (Å²) in [6, 6.07) is 0. The molecule has 17 heavy (non-hydrogen) atoms. The van der Waals surface area contributed by atoms with Crippen LogP contribution in [0.4, 0.5) is 0 Å². The number of hydrogen-bond donors (Lipinski definition) is 1. The first kappa shape index (κ1) is 16.4. The molecule has 0 aromatic carbocycles. The summed E-state index contributed by atoms with van der Waals surface area (Å²) in [5.74, 6) is 0. The molecule has 1 N–H and O–H groups in total. The van der Waals surface area contributed by atoms with Crippen LogP contribution in [0.25, 0.3) is 0 Å². The van der Waals surface area contributed by atoms with Crippen molar-refractivity contribution in [1.82, 2.24) is 0 Å². The summed E-state index contributed by atoms with van der Waals surface area (Å²) >= 11 is 0. The van der Waals surface area contributed by atoms with Crippen LogP contribution in [0.5, 0.6) is 0 Å². The van der Waals surface area contributed by atoms with Gasteiger partial charge < -0.3 is 5.11 Å². The molecule has 100 valence electrons. The third-order valence-corrected chi connectivity index (χ3v) is 2.87. The van der Waals surface area contributed by atoms with Crippen LogP contribution >= 0.6 is 0 Å². The molecule has 0 bridgehead atoms. The molecule has 0 heterocycles. The molecule has 1 nitrogen and oxygen atoms in total. The summed E-state index contributed by atoms with van der Waals surface area (Å²) in [4.78, 5) is 0. The molecule has 0 atom stereocenters. The van der Waals surface area contributed by atoms with Gasteiger partial charge in [0.15, 0.2) is 0 Å². The SMILES string of the molecule is CCC/C=C/C=C\CCCCCCCCCO. The van der Waals surface area contributed by atoms with Crippen molar-refractivity contribution in [3.05, 3.63) is 24.3 Å². The Labute approximate surface area is 108 Å². The Bertz CT molecular complexity index is 182. The Morgan fingerprint density at radius 2 is 1.24 bits per heavy atom. The van der Waals surface area contributed by atoms with Gasteiger partial charge >= 0.3 is 0 Å². The summed E-state index contributed by atoms with van der Waals surface area (Å²) in [5, 5.41) is 8.63. The fraction of sp³-hybridized carbons (Fsp3) is 0.750. The van der Waals surface area contributed by atoms with Crippen molar-refractivity contribution in [3.63, 3.8) is 0 Å². The molecule has 0 saturated carbocycles. The van der Waals surface area contributed by atoms with E-state index in [-0.39, 0.29) is 0 Å². The normalized spacial score (nSPS) is 11.9. The second-order valence-electron chi connectivity index (χ2n) is 4.63. The summed E-state index contributed by atoms with van der Waals surface area (Å²) in [6.45, 7) is 2.56. The van der Waals surface area contributed by atoms with Gasteiger partial charge in [0, 0.05) is 6.61 Å².